The average molecular weight is 626 g/mol. The molecule has 1 aliphatic rings. The molecule has 0 unspecified atom stereocenters. The van der Waals surface area contributed by atoms with Crippen LogP contribution in [0, 0.1) is 13.8 Å². The molecule has 0 radical (unpaired) electrons. The Morgan fingerprint density at radius 2 is 1.38 bits per heavy atom. The lowest BCUT2D eigenvalue weighted by molar-refractivity contribution is 1.08. The zero-order valence-corrected chi connectivity index (χ0v) is 27.6. The first-order valence-corrected chi connectivity index (χ1v) is 16.8. The Morgan fingerprint density at radius 3 is 2.09 bits per heavy atom. The van der Waals surface area contributed by atoms with Crippen LogP contribution in [0.3, 0.4) is 0 Å². The van der Waals surface area contributed by atoms with Gasteiger partial charge in [0.1, 0.15) is 0 Å². The number of fused-ring (bicyclic) bond motifs is 3. The van der Waals surface area contributed by atoms with Crippen molar-refractivity contribution in [3.63, 3.8) is 0 Å². The number of rotatable bonds is 6. The molecule has 0 amide bonds. The van der Waals surface area contributed by atoms with Crippen molar-refractivity contribution in [2.45, 2.75) is 23.6 Å². The summed E-state index contributed by atoms with van der Waals surface area (Å²) in [6.07, 6.45) is 4.12. The Labute approximate surface area is 281 Å². The molecule has 3 nitrogen and oxygen atoms in total. The van der Waals surface area contributed by atoms with E-state index in [2.05, 4.69) is 181 Å². The van der Waals surface area contributed by atoms with Gasteiger partial charge in [-0.15, -0.1) is 0 Å². The highest BCUT2D eigenvalue weighted by Crippen LogP contribution is 2.51. The van der Waals surface area contributed by atoms with Gasteiger partial charge in [-0.2, -0.15) is 0 Å². The van der Waals surface area contributed by atoms with Crippen LogP contribution in [0.5, 0.6) is 0 Å². The van der Waals surface area contributed by atoms with E-state index in [4.69, 9.17) is 0 Å². The topological polar surface area (TPSA) is 11.4 Å². The summed E-state index contributed by atoms with van der Waals surface area (Å²) in [4.78, 5) is 7.22. The summed E-state index contributed by atoms with van der Waals surface area (Å²) in [5.74, 6) is 0. The van der Waals surface area contributed by atoms with E-state index in [0.717, 1.165) is 28.3 Å². The molecule has 1 aromatic heterocycles. The fourth-order valence-electron chi connectivity index (χ4n) is 6.91. The molecule has 0 saturated carbocycles. The predicted molar refractivity (Wildman–Crippen MR) is 202 cm³/mol. The molecule has 0 atom stereocenters. The molecular formula is C43H35N3S. The second-order valence-corrected chi connectivity index (χ2v) is 13.2. The van der Waals surface area contributed by atoms with E-state index in [1.807, 2.05) is 17.8 Å². The first kappa shape index (κ1) is 29.0. The maximum absolute atomic E-state index is 4.16. The number of hydrogen-bond donors (Lipinski definition) is 0. The van der Waals surface area contributed by atoms with Crippen molar-refractivity contribution in [1.29, 1.82) is 0 Å². The summed E-state index contributed by atoms with van der Waals surface area (Å²) in [7, 11) is 2.17. The van der Waals surface area contributed by atoms with Crippen molar-refractivity contribution in [3.8, 4) is 16.9 Å². The van der Waals surface area contributed by atoms with E-state index >= 15 is 0 Å². The molecule has 0 saturated heterocycles. The van der Waals surface area contributed by atoms with Gasteiger partial charge in [-0.25, -0.2) is 0 Å². The molecule has 7 aromatic rings. The normalized spacial score (nSPS) is 12.1. The number of para-hydroxylation sites is 2. The van der Waals surface area contributed by atoms with Gasteiger partial charge in [0, 0.05) is 56.7 Å². The van der Waals surface area contributed by atoms with E-state index in [9.17, 15) is 0 Å². The van der Waals surface area contributed by atoms with Gasteiger partial charge in [-0.1, -0.05) is 85.1 Å². The van der Waals surface area contributed by atoms with E-state index < -0.39 is 0 Å². The smallest absolute Gasteiger partial charge is 0.0603 e. The van der Waals surface area contributed by atoms with Gasteiger partial charge >= 0.3 is 0 Å². The molecule has 4 heteroatoms. The van der Waals surface area contributed by atoms with Crippen LogP contribution in [-0.2, 0) is 0 Å². The summed E-state index contributed by atoms with van der Waals surface area (Å²) in [6.45, 7) is 8.55. The third kappa shape index (κ3) is 4.93. The van der Waals surface area contributed by atoms with Crippen molar-refractivity contribution in [2.24, 2.45) is 0 Å². The van der Waals surface area contributed by atoms with E-state index in [1.165, 1.54) is 54.3 Å². The third-order valence-corrected chi connectivity index (χ3v) is 10.4. The number of aryl methyl sites for hydroxylation is 2. The number of hydrogen-bond acceptors (Lipinski definition) is 3. The van der Waals surface area contributed by atoms with E-state index in [0.29, 0.717) is 0 Å². The van der Waals surface area contributed by atoms with Crippen LogP contribution in [0.1, 0.15) is 16.7 Å². The Bertz CT molecular complexity index is 2250. The molecule has 0 bridgehead atoms. The van der Waals surface area contributed by atoms with Crippen molar-refractivity contribution < 1.29 is 0 Å². The maximum atomic E-state index is 4.16. The molecule has 8 rings (SSSR count). The summed E-state index contributed by atoms with van der Waals surface area (Å²) in [5.41, 5.74) is 13.0. The quantitative estimate of drug-likeness (QED) is 0.182. The number of aromatic nitrogens is 1. The minimum Gasteiger partial charge on any atom is -0.344 e. The first-order valence-electron chi connectivity index (χ1n) is 15.9. The van der Waals surface area contributed by atoms with Crippen LogP contribution in [0.15, 0.2) is 156 Å². The Hall–Kier alpha value is -5.45. The fraction of sp³-hybridized carbons (Fsp3) is 0.0698. The molecule has 0 N–H and O–H groups in total. The summed E-state index contributed by atoms with van der Waals surface area (Å²) < 4.78 is 2.29. The first-order chi connectivity index (χ1) is 23.0. The zero-order valence-electron chi connectivity index (χ0n) is 26.8. The fourth-order valence-corrected chi connectivity index (χ4v) is 7.97. The molecule has 0 aliphatic carbocycles. The van der Waals surface area contributed by atoms with Crippen molar-refractivity contribution in [1.82, 2.24) is 4.57 Å². The Morgan fingerprint density at radius 1 is 0.681 bits per heavy atom. The van der Waals surface area contributed by atoms with Gasteiger partial charge in [0.2, 0.25) is 0 Å². The predicted octanol–water partition coefficient (Wildman–Crippen LogP) is 12.3. The standard InChI is InChI=1S/C43H35N3S/c1-5-31-26-27-45(35-14-10-12-29(2)28-35)43(31)36-25-20-32-13-11-17-39(42(32)30(36)3)44(4)33-21-23-34(24-22-33)46-37-15-6-8-18-40(37)47-41-19-9-7-16-38(41)46/h5-28H,1H2,2-4H3. The second-order valence-electron chi connectivity index (χ2n) is 12.1. The second kappa shape index (κ2) is 11.7. The van der Waals surface area contributed by atoms with E-state index in [1.54, 1.807) is 0 Å². The van der Waals surface area contributed by atoms with Crippen LogP contribution >= 0.6 is 11.8 Å². The molecule has 0 spiro atoms. The van der Waals surface area contributed by atoms with Gasteiger partial charge in [-0.05, 0) is 109 Å². The summed E-state index contributed by atoms with van der Waals surface area (Å²) in [5, 5.41) is 2.47. The van der Waals surface area contributed by atoms with Gasteiger partial charge in [0.25, 0.3) is 0 Å². The largest absolute Gasteiger partial charge is 0.344 e. The number of nitrogens with zero attached hydrogens (tertiary/aromatic N) is 3. The maximum Gasteiger partial charge on any atom is 0.0603 e. The van der Waals surface area contributed by atoms with Gasteiger partial charge < -0.3 is 14.4 Å². The molecule has 0 fully saturated rings. The van der Waals surface area contributed by atoms with Gasteiger partial charge in [0.15, 0.2) is 0 Å². The number of anilines is 5. The summed E-state index contributed by atoms with van der Waals surface area (Å²) >= 11 is 1.83. The summed E-state index contributed by atoms with van der Waals surface area (Å²) in [6, 6.07) is 48.2. The number of benzene rings is 6. The SMILES string of the molecule is C=Cc1ccn(-c2cccc(C)c2)c1-c1ccc2cccc(N(C)c3ccc(N4c5ccccc5Sc5ccccc54)cc3)c2c1C. The van der Waals surface area contributed by atoms with Crippen LogP contribution < -0.4 is 9.80 Å². The minimum atomic E-state index is 1.12. The van der Waals surface area contributed by atoms with Crippen LogP contribution in [0.25, 0.3) is 33.8 Å². The van der Waals surface area contributed by atoms with Crippen molar-refractivity contribution in [3.05, 3.63) is 163 Å². The van der Waals surface area contributed by atoms with Crippen LogP contribution in [0.2, 0.25) is 0 Å². The highest BCUT2D eigenvalue weighted by molar-refractivity contribution is 7.99. The molecule has 2 heterocycles. The average Bonchev–Trinajstić information content (AvgIpc) is 3.54. The third-order valence-electron chi connectivity index (χ3n) is 9.24. The lowest BCUT2D eigenvalue weighted by Crippen LogP contribution is -2.15. The molecule has 228 valence electrons. The van der Waals surface area contributed by atoms with E-state index in [-0.39, 0.29) is 0 Å². The van der Waals surface area contributed by atoms with Gasteiger partial charge in [-0.3, -0.25) is 0 Å². The minimum absolute atomic E-state index is 1.12. The lowest BCUT2D eigenvalue weighted by Gasteiger charge is -2.33. The highest BCUT2D eigenvalue weighted by atomic mass is 32.2. The Balaban J connectivity index is 1.21. The monoisotopic (exact) mass is 625 g/mol. The zero-order chi connectivity index (χ0) is 32.1. The molecule has 6 aromatic carbocycles. The van der Waals surface area contributed by atoms with Crippen molar-refractivity contribution >= 4 is 57.0 Å². The molecular weight excluding hydrogens is 591 g/mol. The van der Waals surface area contributed by atoms with Crippen LogP contribution in [-0.4, -0.2) is 11.6 Å². The Kier molecular flexibility index (Phi) is 7.23. The van der Waals surface area contributed by atoms with Crippen molar-refractivity contribution in [2.75, 3.05) is 16.8 Å². The van der Waals surface area contributed by atoms with Gasteiger partial charge in [0.05, 0.1) is 17.1 Å². The molecule has 1 aliphatic heterocycles. The molecule has 47 heavy (non-hydrogen) atoms. The lowest BCUT2D eigenvalue weighted by atomic mass is 9.94. The highest BCUT2D eigenvalue weighted by Gasteiger charge is 2.24. The van der Waals surface area contributed by atoms with Crippen LogP contribution in [0.4, 0.5) is 28.4 Å².